The molecule has 0 heterocycles. The van der Waals surface area contributed by atoms with E-state index >= 15 is 0 Å². The molecule has 1 amide bonds. The monoisotopic (exact) mass is 417 g/mol. The summed E-state index contributed by atoms with van der Waals surface area (Å²) in [5.41, 5.74) is 4.33. The molecule has 1 aliphatic carbocycles. The van der Waals surface area contributed by atoms with Gasteiger partial charge in [-0.25, -0.2) is 18.4 Å². The minimum atomic E-state index is -2.41. The van der Waals surface area contributed by atoms with Gasteiger partial charge in [0.2, 0.25) is 6.43 Å². The summed E-state index contributed by atoms with van der Waals surface area (Å²) in [7, 11) is 1.37. The van der Waals surface area contributed by atoms with E-state index in [4.69, 9.17) is 4.74 Å². The molecule has 1 aliphatic rings. The van der Waals surface area contributed by atoms with E-state index in [0.717, 1.165) is 27.2 Å². The molecule has 0 aliphatic heterocycles. The van der Waals surface area contributed by atoms with Crippen LogP contribution in [0, 0.1) is 0 Å². The number of carboxylic acids is 1. The first-order valence-electron chi connectivity index (χ1n) is 9.99. The second-order valence-corrected chi connectivity index (χ2v) is 7.44. The number of fused-ring (bicyclic) bond motifs is 3. The number of carbonyl (C=O) groups excluding carboxylic acids is 1. The lowest BCUT2D eigenvalue weighted by Crippen LogP contribution is -2.43. The van der Waals surface area contributed by atoms with Crippen molar-refractivity contribution in [3.05, 3.63) is 59.7 Å². The van der Waals surface area contributed by atoms with Crippen LogP contribution < -0.4 is 0 Å². The number of benzene rings is 2. The van der Waals surface area contributed by atoms with Gasteiger partial charge in [0.15, 0.2) is 0 Å². The van der Waals surface area contributed by atoms with E-state index < -0.39 is 24.5 Å². The van der Waals surface area contributed by atoms with E-state index in [0.29, 0.717) is 6.42 Å². The van der Waals surface area contributed by atoms with Gasteiger partial charge in [-0.3, -0.25) is 4.90 Å². The summed E-state index contributed by atoms with van der Waals surface area (Å²) < 4.78 is 30.0. The van der Waals surface area contributed by atoms with Crippen LogP contribution in [0.2, 0.25) is 0 Å². The number of ether oxygens (including phenoxy) is 1. The van der Waals surface area contributed by atoms with Gasteiger partial charge in [0.1, 0.15) is 12.6 Å². The molecular weight excluding hydrogens is 392 g/mol. The zero-order valence-corrected chi connectivity index (χ0v) is 16.8. The second-order valence-electron chi connectivity index (χ2n) is 7.44. The first-order chi connectivity index (χ1) is 14.4. The van der Waals surface area contributed by atoms with E-state index in [-0.39, 0.29) is 31.8 Å². The Labute approximate surface area is 174 Å². The first-order valence-corrected chi connectivity index (χ1v) is 9.99. The SMILES string of the molecule is CN(C(=O)OCC1c2ccccc2-c2ccccc21)C(CCCCC(F)F)C(=O)O. The van der Waals surface area contributed by atoms with Crippen molar-refractivity contribution in [1.29, 1.82) is 0 Å². The molecule has 2 aromatic rings. The lowest BCUT2D eigenvalue weighted by molar-refractivity contribution is -0.142. The molecule has 30 heavy (non-hydrogen) atoms. The third kappa shape index (κ3) is 4.78. The molecule has 0 spiro atoms. The average Bonchev–Trinajstić information content (AvgIpc) is 3.05. The molecular formula is C23H25F2NO4. The van der Waals surface area contributed by atoms with E-state index in [9.17, 15) is 23.5 Å². The van der Waals surface area contributed by atoms with Gasteiger partial charge in [-0.2, -0.15) is 0 Å². The van der Waals surface area contributed by atoms with E-state index in [1.165, 1.54) is 7.05 Å². The van der Waals surface area contributed by atoms with Crippen LogP contribution in [0.15, 0.2) is 48.5 Å². The topological polar surface area (TPSA) is 66.8 Å². The number of halogens is 2. The molecule has 7 heteroatoms. The van der Waals surface area contributed by atoms with Crippen molar-refractivity contribution in [2.24, 2.45) is 0 Å². The second kappa shape index (κ2) is 9.69. The van der Waals surface area contributed by atoms with Crippen LogP contribution in [0.4, 0.5) is 13.6 Å². The molecule has 1 unspecified atom stereocenters. The summed E-state index contributed by atoms with van der Waals surface area (Å²) in [6, 6.07) is 14.7. The number of carboxylic acid groups (broad SMARTS) is 1. The highest BCUT2D eigenvalue weighted by atomic mass is 19.3. The standard InChI is InChI=1S/C23H25F2NO4/c1-26(20(22(27)28)12-6-7-13-21(24)25)23(29)30-14-19-17-10-4-2-8-15(17)16-9-3-5-11-18(16)19/h2-5,8-11,19-21H,6-7,12-14H2,1H3,(H,27,28). The molecule has 0 fully saturated rings. The Morgan fingerprint density at radius 3 is 2.07 bits per heavy atom. The molecule has 0 saturated carbocycles. The quantitative estimate of drug-likeness (QED) is 0.574. The van der Waals surface area contributed by atoms with Crippen molar-refractivity contribution in [1.82, 2.24) is 4.90 Å². The third-order valence-corrected chi connectivity index (χ3v) is 5.53. The van der Waals surface area contributed by atoms with E-state index in [1.807, 2.05) is 48.5 Å². The summed E-state index contributed by atoms with van der Waals surface area (Å²) >= 11 is 0. The molecule has 1 atom stereocenters. The van der Waals surface area contributed by atoms with Crippen LogP contribution >= 0.6 is 0 Å². The Balaban J connectivity index is 1.63. The third-order valence-electron chi connectivity index (χ3n) is 5.53. The fraction of sp³-hybridized carbons (Fsp3) is 0.391. The minimum absolute atomic E-state index is 0.0922. The maximum atomic E-state index is 12.5. The first kappa shape index (κ1) is 21.7. The van der Waals surface area contributed by atoms with Gasteiger partial charge >= 0.3 is 12.1 Å². The lowest BCUT2D eigenvalue weighted by Gasteiger charge is -2.25. The van der Waals surface area contributed by atoms with Gasteiger partial charge in [0, 0.05) is 19.4 Å². The van der Waals surface area contributed by atoms with Crippen LogP contribution in [0.5, 0.6) is 0 Å². The zero-order chi connectivity index (χ0) is 21.7. The fourth-order valence-corrected chi connectivity index (χ4v) is 3.94. The Bertz CT molecular complexity index is 857. The maximum Gasteiger partial charge on any atom is 0.410 e. The van der Waals surface area contributed by atoms with Crippen LogP contribution in [-0.2, 0) is 9.53 Å². The smallest absolute Gasteiger partial charge is 0.410 e. The number of nitrogens with zero attached hydrogens (tertiary/aromatic N) is 1. The fourth-order valence-electron chi connectivity index (χ4n) is 3.94. The zero-order valence-electron chi connectivity index (χ0n) is 16.8. The summed E-state index contributed by atoms with van der Waals surface area (Å²) in [4.78, 5) is 25.1. The highest BCUT2D eigenvalue weighted by Crippen LogP contribution is 2.44. The van der Waals surface area contributed by atoms with Gasteiger partial charge in [-0.05, 0) is 35.1 Å². The number of rotatable bonds is 9. The predicted molar refractivity (Wildman–Crippen MR) is 109 cm³/mol. The van der Waals surface area contributed by atoms with Crippen molar-refractivity contribution >= 4 is 12.1 Å². The largest absolute Gasteiger partial charge is 0.480 e. The molecule has 0 aromatic heterocycles. The van der Waals surface area contributed by atoms with Crippen molar-refractivity contribution in [3.8, 4) is 11.1 Å². The number of unbranched alkanes of at least 4 members (excludes halogenated alkanes) is 1. The number of amides is 1. The Morgan fingerprint density at radius 1 is 1.00 bits per heavy atom. The van der Waals surface area contributed by atoms with Crippen molar-refractivity contribution in [2.45, 2.75) is 44.1 Å². The predicted octanol–water partition coefficient (Wildman–Crippen LogP) is 5.15. The van der Waals surface area contributed by atoms with Crippen LogP contribution in [-0.4, -0.2) is 48.2 Å². The number of hydrogen-bond acceptors (Lipinski definition) is 3. The molecule has 0 bridgehead atoms. The number of hydrogen-bond donors (Lipinski definition) is 1. The number of likely N-dealkylation sites (N-methyl/N-ethyl adjacent to an activating group) is 1. The summed E-state index contributed by atoms with van der Waals surface area (Å²) in [6.45, 7) is 0.0922. The van der Waals surface area contributed by atoms with Gasteiger partial charge in [0.05, 0.1) is 0 Å². The molecule has 5 nitrogen and oxygen atoms in total. The molecule has 160 valence electrons. The van der Waals surface area contributed by atoms with Gasteiger partial charge in [-0.15, -0.1) is 0 Å². The van der Waals surface area contributed by atoms with Crippen molar-refractivity contribution < 1.29 is 28.2 Å². The van der Waals surface area contributed by atoms with Crippen LogP contribution in [0.1, 0.15) is 42.7 Å². The van der Waals surface area contributed by atoms with E-state index in [2.05, 4.69) is 0 Å². The number of carbonyl (C=O) groups is 2. The van der Waals surface area contributed by atoms with Crippen LogP contribution in [0.3, 0.4) is 0 Å². The van der Waals surface area contributed by atoms with Crippen molar-refractivity contribution in [2.75, 3.05) is 13.7 Å². The van der Waals surface area contributed by atoms with Crippen LogP contribution in [0.25, 0.3) is 11.1 Å². The highest BCUT2D eigenvalue weighted by Gasteiger charge is 2.31. The molecule has 0 saturated heterocycles. The Kier molecular flexibility index (Phi) is 7.03. The maximum absolute atomic E-state index is 12.5. The van der Waals surface area contributed by atoms with E-state index in [1.54, 1.807) is 0 Å². The van der Waals surface area contributed by atoms with Crippen molar-refractivity contribution in [3.63, 3.8) is 0 Å². The molecule has 2 aromatic carbocycles. The van der Waals surface area contributed by atoms with Gasteiger partial charge in [-0.1, -0.05) is 55.0 Å². The summed E-state index contributed by atoms with van der Waals surface area (Å²) in [5, 5.41) is 9.44. The summed E-state index contributed by atoms with van der Waals surface area (Å²) in [6.07, 6.45) is -2.82. The summed E-state index contributed by atoms with van der Waals surface area (Å²) in [5.74, 6) is -1.30. The van der Waals surface area contributed by atoms with Gasteiger partial charge < -0.3 is 9.84 Å². The average molecular weight is 417 g/mol. The minimum Gasteiger partial charge on any atom is -0.480 e. The Hall–Kier alpha value is -2.96. The molecule has 1 N–H and O–H groups in total. The lowest BCUT2D eigenvalue weighted by atomic mass is 9.98. The number of aliphatic carboxylic acids is 1. The number of alkyl halides is 2. The Morgan fingerprint density at radius 2 is 1.53 bits per heavy atom. The highest BCUT2D eigenvalue weighted by molar-refractivity contribution is 5.81. The van der Waals surface area contributed by atoms with Gasteiger partial charge in [0.25, 0.3) is 0 Å². The molecule has 0 radical (unpaired) electrons. The molecule has 3 rings (SSSR count). The normalized spacial score (nSPS) is 13.6.